The smallest absolute Gasteiger partial charge is 0.328 e. The molecule has 1 saturated heterocycles. The van der Waals surface area contributed by atoms with Gasteiger partial charge in [-0.2, -0.15) is 0 Å². The summed E-state index contributed by atoms with van der Waals surface area (Å²) in [6.45, 7) is 2.96. The van der Waals surface area contributed by atoms with E-state index in [9.17, 15) is 9.59 Å². The van der Waals surface area contributed by atoms with Crippen LogP contribution in [0.15, 0.2) is 35.5 Å². The Morgan fingerprint density at radius 1 is 1.38 bits per heavy atom. The van der Waals surface area contributed by atoms with Crippen LogP contribution in [0.3, 0.4) is 0 Å². The van der Waals surface area contributed by atoms with Gasteiger partial charge in [0.1, 0.15) is 17.6 Å². The van der Waals surface area contributed by atoms with E-state index in [0.29, 0.717) is 36.2 Å². The number of fused-ring (bicyclic) bond motifs is 1. The number of carbonyl (C=O) groups excluding carboxylic acids is 1. The van der Waals surface area contributed by atoms with E-state index < -0.39 is 0 Å². The summed E-state index contributed by atoms with van der Waals surface area (Å²) in [6.07, 6.45) is 3.71. The molecule has 1 amide bonds. The molecule has 4 rings (SSSR count). The molecule has 1 aliphatic rings. The Bertz CT molecular complexity index is 1040. The van der Waals surface area contributed by atoms with Gasteiger partial charge in [0.2, 0.25) is 0 Å². The SMILES string of the molecule is COc1ccc(C(=O)N2CCC(n3c(=O)[nH]c4cncnc43)C2)c(C)c1. The van der Waals surface area contributed by atoms with E-state index in [1.54, 1.807) is 34.9 Å². The van der Waals surface area contributed by atoms with Gasteiger partial charge in [-0.25, -0.2) is 14.8 Å². The van der Waals surface area contributed by atoms with Gasteiger partial charge >= 0.3 is 5.69 Å². The standard InChI is InChI=1S/C18H19N5O3/c1-11-7-13(26-2)3-4-14(11)17(24)22-6-5-12(9-22)23-16-15(21-18(23)25)8-19-10-20-16/h3-4,7-8,10,12H,5-6,9H2,1-2H3,(H,21,25). The molecule has 0 spiro atoms. The van der Waals surface area contributed by atoms with Crippen molar-refractivity contribution in [2.45, 2.75) is 19.4 Å². The number of likely N-dealkylation sites (tertiary alicyclic amines) is 1. The van der Waals surface area contributed by atoms with Crippen LogP contribution >= 0.6 is 0 Å². The minimum atomic E-state index is -0.222. The molecule has 1 unspecified atom stereocenters. The maximum atomic E-state index is 12.9. The molecule has 1 aromatic carbocycles. The number of nitrogens with one attached hydrogen (secondary N) is 1. The zero-order chi connectivity index (χ0) is 18.3. The molecule has 3 aromatic rings. The third-order valence-electron chi connectivity index (χ3n) is 4.86. The first kappa shape index (κ1) is 16.3. The average Bonchev–Trinajstić information content (AvgIpc) is 3.24. The second kappa shape index (κ2) is 6.29. The number of aryl methyl sites for hydroxylation is 1. The second-order valence-electron chi connectivity index (χ2n) is 6.43. The summed E-state index contributed by atoms with van der Waals surface area (Å²) in [5, 5.41) is 0. The number of ether oxygens (including phenoxy) is 1. The molecular formula is C18H19N5O3. The minimum absolute atomic E-state index is 0.0323. The Morgan fingerprint density at radius 2 is 2.23 bits per heavy atom. The Kier molecular flexibility index (Phi) is 3.95. The van der Waals surface area contributed by atoms with Gasteiger partial charge in [0.15, 0.2) is 5.65 Å². The summed E-state index contributed by atoms with van der Waals surface area (Å²) in [4.78, 5) is 37.9. The van der Waals surface area contributed by atoms with Crippen LogP contribution in [0.25, 0.3) is 11.2 Å². The van der Waals surface area contributed by atoms with Crippen LogP contribution in [0.1, 0.15) is 28.4 Å². The monoisotopic (exact) mass is 353 g/mol. The van der Waals surface area contributed by atoms with Crippen LogP contribution in [-0.2, 0) is 0 Å². The van der Waals surface area contributed by atoms with E-state index in [-0.39, 0.29) is 17.6 Å². The lowest BCUT2D eigenvalue weighted by Crippen LogP contribution is -2.31. The van der Waals surface area contributed by atoms with E-state index in [2.05, 4.69) is 15.0 Å². The molecule has 1 N–H and O–H groups in total. The van der Waals surface area contributed by atoms with Gasteiger partial charge in [0.25, 0.3) is 5.91 Å². The predicted molar refractivity (Wildman–Crippen MR) is 95.4 cm³/mol. The Labute approximate surface area is 149 Å². The van der Waals surface area contributed by atoms with Crippen LogP contribution in [-0.4, -0.2) is 50.5 Å². The Balaban J connectivity index is 1.59. The number of methoxy groups -OCH3 is 1. The predicted octanol–water partition coefficient (Wildman–Crippen LogP) is 1.52. The summed E-state index contributed by atoms with van der Waals surface area (Å²) >= 11 is 0. The number of H-pyrrole nitrogens is 1. The minimum Gasteiger partial charge on any atom is -0.497 e. The number of benzene rings is 1. The molecule has 2 aromatic heterocycles. The number of imidazole rings is 1. The molecule has 3 heterocycles. The van der Waals surface area contributed by atoms with Crippen molar-refractivity contribution >= 4 is 17.1 Å². The number of hydrogen-bond acceptors (Lipinski definition) is 5. The van der Waals surface area contributed by atoms with Crippen LogP contribution in [0, 0.1) is 6.92 Å². The molecule has 26 heavy (non-hydrogen) atoms. The van der Waals surface area contributed by atoms with E-state index in [1.807, 2.05) is 13.0 Å². The number of nitrogens with zero attached hydrogens (tertiary/aromatic N) is 4. The molecule has 1 aliphatic heterocycles. The van der Waals surface area contributed by atoms with Crippen molar-refractivity contribution in [3.8, 4) is 5.75 Å². The van der Waals surface area contributed by atoms with Crippen LogP contribution < -0.4 is 10.4 Å². The van der Waals surface area contributed by atoms with E-state index in [1.165, 1.54) is 6.33 Å². The van der Waals surface area contributed by atoms with Gasteiger partial charge in [-0.15, -0.1) is 0 Å². The number of carbonyl (C=O) groups is 1. The quantitative estimate of drug-likeness (QED) is 0.771. The highest BCUT2D eigenvalue weighted by atomic mass is 16.5. The van der Waals surface area contributed by atoms with Crippen molar-refractivity contribution in [3.63, 3.8) is 0 Å². The van der Waals surface area contributed by atoms with E-state index in [4.69, 9.17) is 4.74 Å². The fourth-order valence-corrected chi connectivity index (χ4v) is 3.52. The molecule has 0 bridgehead atoms. The van der Waals surface area contributed by atoms with Gasteiger partial charge in [-0.05, 0) is 37.1 Å². The fraction of sp³-hybridized carbons (Fsp3) is 0.333. The Hall–Kier alpha value is -3.16. The Morgan fingerprint density at radius 3 is 3.00 bits per heavy atom. The van der Waals surface area contributed by atoms with Gasteiger partial charge in [-0.3, -0.25) is 9.36 Å². The summed E-state index contributed by atoms with van der Waals surface area (Å²) in [6, 6.07) is 5.32. The third-order valence-corrected chi connectivity index (χ3v) is 4.86. The van der Waals surface area contributed by atoms with Crippen LogP contribution in [0.2, 0.25) is 0 Å². The van der Waals surface area contributed by atoms with Crippen molar-refractivity contribution < 1.29 is 9.53 Å². The van der Waals surface area contributed by atoms with E-state index >= 15 is 0 Å². The second-order valence-corrected chi connectivity index (χ2v) is 6.43. The summed E-state index contributed by atoms with van der Waals surface area (Å²) < 4.78 is 6.83. The number of amides is 1. The maximum Gasteiger partial charge on any atom is 0.328 e. The number of aromatic nitrogens is 4. The van der Waals surface area contributed by atoms with Crippen LogP contribution in [0.4, 0.5) is 0 Å². The van der Waals surface area contributed by atoms with Crippen LogP contribution in [0.5, 0.6) is 5.75 Å². The van der Waals surface area contributed by atoms with Crippen molar-refractivity contribution in [3.05, 3.63) is 52.3 Å². The lowest BCUT2D eigenvalue weighted by molar-refractivity contribution is 0.0787. The first-order chi connectivity index (χ1) is 12.6. The molecule has 8 nitrogen and oxygen atoms in total. The van der Waals surface area contributed by atoms with Gasteiger partial charge < -0.3 is 14.6 Å². The van der Waals surface area contributed by atoms with Crippen molar-refractivity contribution in [1.82, 2.24) is 24.4 Å². The topological polar surface area (TPSA) is 93.1 Å². The van der Waals surface area contributed by atoms with Crippen molar-refractivity contribution in [2.24, 2.45) is 0 Å². The molecule has 8 heteroatoms. The maximum absolute atomic E-state index is 12.9. The van der Waals surface area contributed by atoms with Crippen molar-refractivity contribution in [1.29, 1.82) is 0 Å². The molecule has 1 fully saturated rings. The lowest BCUT2D eigenvalue weighted by Gasteiger charge is -2.18. The number of hydrogen-bond donors (Lipinski definition) is 1. The zero-order valence-corrected chi connectivity index (χ0v) is 14.6. The summed E-state index contributed by atoms with van der Waals surface area (Å²) in [5.41, 5.74) is 2.48. The summed E-state index contributed by atoms with van der Waals surface area (Å²) in [5.74, 6) is 0.693. The first-order valence-corrected chi connectivity index (χ1v) is 8.42. The average molecular weight is 353 g/mol. The highest BCUT2D eigenvalue weighted by Gasteiger charge is 2.31. The molecular weight excluding hydrogens is 334 g/mol. The first-order valence-electron chi connectivity index (χ1n) is 8.42. The normalized spacial score (nSPS) is 17.0. The van der Waals surface area contributed by atoms with Crippen molar-refractivity contribution in [2.75, 3.05) is 20.2 Å². The highest BCUT2D eigenvalue weighted by molar-refractivity contribution is 5.96. The largest absolute Gasteiger partial charge is 0.497 e. The number of rotatable bonds is 3. The van der Waals surface area contributed by atoms with Gasteiger partial charge in [0, 0.05) is 18.7 Å². The third kappa shape index (κ3) is 2.63. The zero-order valence-electron chi connectivity index (χ0n) is 14.6. The molecule has 1 atom stereocenters. The van der Waals surface area contributed by atoms with Gasteiger partial charge in [-0.1, -0.05) is 0 Å². The molecule has 0 aliphatic carbocycles. The van der Waals surface area contributed by atoms with Gasteiger partial charge in [0.05, 0.1) is 19.3 Å². The fourth-order valence-electron chi connectivity index (χ4n) is 3.52. The highest BCUT2D eigenvalue weighted by Crippen LogP contribution is 2.26. The molecule has 0 radical (unpaired) electrons. The molecule has 134 valence electrons. The number of aromatic amines is 1. The van der Waals surface area contributed by atoms with E-state index in [0.717, 1.165) is 11.3 Å². The lowest BCUT2D eigenvalue weighted by atomic mass is 10.1. The summed E-state index contributed by atoms with van der Waals surface area (Å²) in [7, 11) is 1.60. The molecule has 0 saturated carbocycles.